The largest absolute Gasteiger partial charge is 0.497 e. The molecule has 1 atom stereocenters. The summed E-state index contributed by atoms with van der Waals surface area (Å²) in [6, 6.07) is 21.9. The zero-order chi connectivity index (χ0) is 25.7. The number of carbonyl (C=O) groups excluding carboxylic acids is 1. The van der Waals surface area contributed by atoms with Crippen LogP contribution in [-0.4, -0.2) is 34.0 Å². The predicted molar refractivity (Wildman–Crippen MR) is 144 cm³/mol. The molecule has 0 radical (unpaired) electrons. The topological polar surface area (TPSA) is 64.4 Å². The maximum atomic E-state index is 13.8. The van der Waals surface area contributed by atoms with Gasteiger partial charge in [0.1, 0.15) is 11.6 Å². The summed E-state index contributed by atoms with van der Waals surface area (Å²) in [6.45, 7) is 6.63. The molecular weight excluding hydrogens is 450 g/mol. The Bertz CT molecular complexity index is 1430. The monoisotopic (exact) mass is 483 g/mol. The van der Waals surface area contributed by atoms with E-state index in [0.29, 0.717) is 34.6 Å². The molecule has 6 nitrogen and oxygen atoms in total. The Hall–Kier alpha value is -3.93. The highest BCUT2D eigenvalue weighted by Crippen LogP contribution is 2.27. The van der Waals surface area contributed by atoms with Crippen LogP contribution in [0.15, 0.2) is 77.6 Å². The highest BCUT2D eigenvalue weighted by Gasteiger charge is 2.28. The number of hydrogen-bond donors (Lipinski definition) is 0. The molecule has 0 aliphatic rings. The van der Waals surface area contributed by atoms with Crippen molar-refractivity contribution < 1.29 is 9.53 Å². The molecule has 4 rings (SSSR count). The van der Waals surface area contributed by atoms with Gasteiger partial charge in [-0.1, -0.05) is 56.2 Å². The van der Waals surface area contributed by atoms with Crippen LogP contribution in [0.5, 0.6) is 5.75 Å². The highest BCUT2D eigenvalue weighted by atomic mass is 16.5. The van der Waals surface area contributed by atoms with Crippen LogP contribution in [0.4, 0.5) is 0 Å². The van der Waals surface area contributed by atoms with Crippen LogP contribution >= 0.6 is 0 Å². The number of hydrogen-bond acceptors (Lipinski definition) is 4. The van der Waals surface area contributed by atoms with E-state index in [0.717, 1.165) is 30.5 Å². The maximum Gasteiger partial charge on any atom is 0.266 e. The van der Waals surface area contributed by atoms with Crippen molar-refractivity contribution in [3.8, 4) is 11.4 Å². The van der Waals surface area contributed by atoms with Crippen molar-refractivity contribution in [2.24, 2.45) is 0 Å². The second-order valence-corrected chi connectivity index (χ2v) is 9.03. The van der Waals surface area contributed by atoms with Crippen molar-refractivity contribution in [1.82, 2.24) is 14.5 Å². The second-order valence-electron chi connectivity index (χ2n) is 9.03. The first kappa shape index (κ1) is 25.2. The first-order valence-electron chi connectivity index (χ1n) is 12.5. The number of methoxy groups -OCH3 is 1. The highest BCUT2D eigenvalue weighted by molar-refractivity contribution is 5.95. The standard InChI is InChI=1S/C30H33N3O3/c1-5-6-11-19-32(29(34)23-14-12-15-24(20-23)36-4)22(3)28-31-26-17-9-8-16-25(26)30(35)33(28)27-18-10-7-13-21(27)2/h7-10,12-18,20,22H,5-6,11,19H2,1-4H3. The van der Waals surface area contributed by atoms with E-state index < -0.39 is 6.04 Å². The quantitative estimate of drug-likeness (QED) is 0.270. The van der Waals surface area contributed by atoms with Crippen molar-refractivity contribution in [1.29, 1.82) is 0 Å². The zero-order valence-electron chi connectivity index (χ0n) is 21.4. The number of ether oxygens (including phenoxy) is 1. The van der Waals surface area contributed by atoms with Gasteiger partial charge in [-0.05, 0) is 62.2 Å². The van der Waals surface area contributed by atoms with E-state index in [9.17, 15) is 9.59 Å². The van der Waals surface area contributed by atoms with E-state index in [-0.39, 0.29) is 11.5 Å². The number of carbonyl (C=O) groups is 1. The third-order valence-electron chi connectivity index (χ3n) is 6.58. The van der Waals surface area contributed by atoms with Crippen LogP contribution in [0, 0.1) is 6.92 Å². The van der Waals surface area contributed by atoms with Crippen LogP contribution in [0.3, 0.4) is 0 Å². The number of aryl methyl sites for hydroxylation is 1. The van der Waals surface area contributed by atoms with Crippen LogP contribution in [0.1, 0.15) is 60.9 Å². The third-order valence-corrected chi connectivity index (χ3v) is 6.58. The minimum atomic E-state index is -0.447. The average Bonchev–Trinajstić information content (AvgIpc) is 2.91. The third kappa shape index (κ3) is 5.03. The van der Waals surface area contributed by atoms with E-state index >= 15 is 0 Å². The van der Waals surface area contributed by atoms with E-state index in [1.807, 2.05) is 73.3 Å². The average molecular weight is 484 g/mol. The summed E-state index contributed by atoms with van der Waals surface area (Å²) in [4.78, 5) is 34.4. The molecule has 0 saturated carbocycles. The summed E-state index contributed by atoms with van der Waals surface area (Å²) in [5, 5.41) is 0.549. The summed E-state index contributed by atoms with van der Waals surface area (Å²) >= 11 is 0. The number of unbranched alkanes of at least 4 members (excludes halogenated alkanes) is 2. The fourth-order valence-corrected chi connectivity index (χ4v) is 4.54. The summed E-state index contributed by atoms with van der Waals surface area (Å²) < 4.78 is 7.03. The molecule has 6 heteroatoms. The molecule has 0 spiro atoms. The fraction of sp³-hybridized carbons (Fsp3) is 0.300. The van der Waals surface area contributed by atoms with Crippen molar-refractivity contribution in [2.45, 2.75) is 46.1 Å². The Morgan fingerprint density at radius 1 is 1.03 bits per heavy atom. The van der Waals surface area contributed by atoms with Crippen LogP contribution < -0.4 is 10.3 Å². The number of nitrogens with zero attached hydrogens (tertiary/aromatic N) is 3. The molecular formula is C30H33N3O3. The minimum Gasteiger partial charge on any atom is -0.497 e. The predicted octanol–water partition coefficient (Wildman–Crippen LogP) is 6.10. The molecule has 186 valence electrons. The van der Waals surface area contributed by atoms with Gasteiger partial charge in [0.2, 0.25) is 0 Å². The van der Waals surface area contributed by atoms with Crippen molar-refractivity contribution in [3.05, 3.63) is 100 Å². The lowest BCUT2D eigenvalue weighted by molar-refractivity contribution is 0.0677. The smallest absolute Gasteiger partial charge is 0.266 e. The number of rotatable bonds is 9. The van der Waals surface area contributed by atoms with Gasteiger partial charge in [0.05, 0.1) is 29.7 Å². The fourth-order valence-electron chi connectivity index (χ4n) is 4.54. The van der Waals surface area contributed by atoms with Gasteiger partial charge in [0.25, 0.3) is 11.5 Å². The summed E-state index contributed by atoms with van der Waals surface area (Å²) in [5.74, 6) is 1.06. The number of para-hydroxylation sites is 2. The molecule has 0 saturated heterocycles. The molecule has 0 bridgehead atoms. The minimum absolute atomic E-state index is 0.115. The maximum absolute atomic E-state index is 13.8. The lowest BCUT2D eigenvalue weighted by atomic mass is 10.1. The molecule has 1 unspecified atom stereocenters. The Kier molecular flexibility index (Phi) is 7.84. The molecule has 1 aromatic heterocycles. The van der Waals surface area contributed by atoms with Gasteiger partial charge in [-0.3, -0.25) is 14.2 Å². The molecule has 0 N–H and O–H groups in total. The molecule has 0 aliphatic carbocycles. The Morgan fingerprint density at radius 2 is 1.78 bits per heavy atom. The van der Waals surface area contributed by atoms with E-state index in [1.54, 1.807) is 29.9 Å². The van der Waals surface area contributed by atoms with Gasteiger partial charge in [0, 0.05) is 12.1 Å². The summed E-state index contributed by atoms with van der Waals surface area (Å²) in [7, 11) is 1.59. The van der Waals surface area contributed by atoms with Crippen LogP contribution in [-0.2, 0) is 0 Å². The Morgan fingerprint density at radius 3 is 2.53 bits per heavy atom. The molecule has 1 amide bonds. The van der Waals surface area contributed by atoms with Crippen molar-refractivity contribution in [3.63, 3.8) is 0 Å². The zero-order valence-corrected chi connectivity index (χ0v) is 21.4. The van der Waals surface area contributed by atoms with Gasteiger partial charge in [-0.2, -0.15) is 0 Å². The molecule has 3 aromatic carbocycles. The number of benzene rings is 3. The number of amides is 1. The summed E-state index contributed by atoms with van der Waals surface area (Å²) in [6.07, 6.45) is 2.90. The van der Waals surface area contributed by atoms with Gasteiger partial charge in [0.15, 0.2) is 0 Å². The molecule has 0 aliphatic heterocycles. The number of aromatic nitrogens is 2. The Balaban J connectivity index is 1.89. The normalized spacial score (nSPS) is 11.9. The van der Waals surface area contributed by atoms with E-state index in [4.69, 9.17) is 9.72 Å². The lowest BCUT2D eigenvalue weighted by Crippen LogP contribution is -2.38. The summed E-state index contributed by atoms with van der Waals surface area (Å²) in [5.41, 5.74) is 2.76. The van der Waals surface area contributed by atoms with Crippen LogP contribution in [0.2, 0.25) is 0 Å². The van der Waals surface area contributed by atoms with E-state index in [2.05, 4.69) is 6.92 Å². The molecule has 1 heterocycles. The number of fused-ring (bicyclic) bond motifs is 1. The van der Waals surface area contributed by atoms with Gasteiger partial charge in [-0.25, -0.2) is 4.98 Å². The first-order chi connectivity index (χ1) is 17.5. The molecule has 0 fully saturated rings. The first-order valence-corrected chi connectivity index (χ1v) is 12.5. The van der Waals surface area contributed by atoms with Crippen LogP contribution in [0.25, 0.3) is 16.6 Å². The van der Waals surface area contributed by atoms with Gasteiger partial charge >= 0.3 is 0 Å². The van der Waals surface area contributed by atoms with Gasteiger partial charge < -0.3 is 9.64 Å². The lowest BCUT2D eigenvalue weighted by Gasteiger charge is -2.31. The van der Waals surface area contributed by atoms with Crippen molar-refractivity contribution in [2.75, 3.05) is 13.7 Å². The molecule has 4 aromatic rings. The van der Waals surface area contributed by atoms with Gasteiger partial charge in [-0.15, -0.1) is 0 Å². The molecule has 36 heavy (non-hydrogen) atoms. The second kappa shape index (κ2) is 11.2. The van der Waals surface area contributed by atoms with Crippen molar-refractivity contribution >= 4 is 16.8 Å². The Labute approximate surface area is 212 Å². The SMILES string of the molecule is CCCCCN(C(=O)c1cccc(OC)c1)C(C)c1nc2ccccc2c(=O)n1-c1ccccc1C. The van der Waals surface area contributed by atoms with E-state index in [1.165, 1.54) is 0 Å².